The molecule has 1 unspecified atom stereocenters. The number of nitrogens with one attached hydrogen (secondary N) is 2. The van der Waals surface area contributed by atoms with E-state index >= 15 is 0 Å². The highest BCUT2D eigenvalue weighted by Crippen LogP contribution is 2.42. The fourth-order valence-electron chi connectivity index (χ4n) is 3.79. The largest absolute Gasteiger partial charge is 0.465 e. The van der Waals surface area contributed by atoms with Gasteiger partial charge < -0.3 is 15.2 Å². The van der Waals surface area contributed by atoms with Crippen LogP contribution in [0.15, 0.2) is 11.8 Å². The third-order valence-electron chi connectivity index (χ3n) is 5.23. The zero-order valence-electron chi connectivity index (χ0n) is 12.5. The number of rotatable bonds is 3. The van der Waals surface area contributed by atoms with Gasteiger partial charge in [0.2, 0.25) is 0 Å². The molecule has 3 N–H and O–H groups in total. The number of H-pyrrole nitrogens is 1. The van der Waals surface area contributed by atoms with Crippen LogP contribution in [0.3, 0.4) is 0 Å². The number of aromatic nitrogens is 2. The van der Waals surface area contributed by atoms with Gasteiger partial charge in [-0.15, -0.1) is 0 Å². The molecule has 6 nitrogen and oxygen atoms in total. The summed E-state index contributed by atoms with van der Waals surface area (Å²) in [5.41, 5.74) is 2.64. The molecular weight excluding hydrogens is 282 g/mol. The predicted octanol–water partition coefficient (Wildman–Crippen LogP) is 0.643. The highest BCUT2D eigenvalue weighted by molar-refractivity contribution is 5.85. The van der Waals surface area contributed by atoms with E-state index in [-0.39, 0.29) is 12.1 Å². The average Bonchev–Trinajstić information content (AvgIpc) is 2.94. The maximum atomic E-state index is 12.8. The molecule has 2 fully saturated rings. The van der Waals surface area contributed by atoms with E-state index in [4.69, 9.17) is 4.74 Å². The first-order valence-corrected chi connectivity index (χ1v) is 7.97. The van der Waals surface area contributed by atoms with Gasteiger partial charge >= 0.3 is 5.97 Å². The maximum Gasteiger partial charge on any atom is 0.317 e. The summed E-state index contributed by atoms with van der Waals surface area (Å²) in [4.78, 5) is 12.8. The standard InChI is InChI=1S/C16H21N3O3/c20-13-3-10(4-13)8-22-15(21)16-6-11-7-18-19-14(11)5-12(16)1-2-17-9-16/h5,7,10,13,17,20H,1-4,6,8-9H2,(H,18,19). The van der Waals surface area contributed by atoms with Crippen molar-refractivity contribution in [2.24, 2.45) is 11.3 Å². The quantitative estimate of drug-likeness (QED) is 0.714. The number of aliphatic hydroxyl groups excluding tert-OH is 1. The zero-order chi connectivity index (χ0) is 15.2. The van der Waals surface area contributed by atoms with Gasteiger partial charge in [0.1, 0.15) is 5.41 Å². The van der Waals surface area contributed by atoms with Crippen LogP contribution in [-0.4, -0.2) is 47.1 Å². The highest BCUT2D eigenvalue weighted by Gasteiger charge is 2.47. The third-order valence-corrected chi connectivity index (χ3v) is 5.23. The molecule has 2 heterocycles. The normalized spacial score (nSPS) is 33.2. The summed E-state index contributed by atoms with van der Waals surface area (Å²) in [5.74, 6) is 0.173. The van der Waals surface area contributed by atoms with E-state index in [1.54, 1.807) is 6.20 Å². The molecule has 0 radical (unpaired) electrons. The molecule has 22 heavy (non-hydrogen) atoms. The van der Waals surface area contributed by atoms with E-state index < -0.39 is 5.41 Å². The summed E-state index contributed by atoms with van der Waals surface area (Å²) >= 11 is 0. The molecule has 1 aromatic rings. The smallest absolute Gasteiger partial charge is 0.317 e. The monoisotopic (exact) mass is 303 g/mol. The summed E-state index contributed by atoms with van der Waals surface area (Å²) in [7, 11) is 0. The minimum Gasteiger partial charge on any atom is -0.465 e. The highest BCUT2D eigenvalue weighted by atomic mass is 16.5. The SMILES string of the molecule is O=C(OCC1CC(O)C1)C12CNCCC1=Cc1[nH]ncc1C2. The molecule has 1 saturated carbocycles. The van der Waals surface area contributed by atoms with Gasteiger partial charge in [-0.05, 0) is 55.4 Å². The number of aromatic amines is 1. The van der Waals surface area contributed by atoms with Crippen molar-refractivity contribution in [2.45, 2.75) is 31.8 Å². The minimum atomic E-state index is -0.586. The van der Waals surface area contributed by atoms with Crippen LogP contribution in [0.2, 0.25) is 0 Å². The van der Waals surface area contributed by atoms with Crippen molar-refractivity contribution in [1.82, 2.24) is 15.5 Å². The summed E-state index contributed by atoms with van der Waals surface area (Å²) in [5, 5.41) is 19.8. The van der Waals surface area contributed by atoms with Crippen LogP contribution < -0.4 is 5.32 Å². The number of carbonyl (C=O) groups excluding carboxylic acids is 1. The molecule has 4 rings (SSSR count). The molecule has 118 valence electrons. The lowest BCUT2D eigenvalue weighted by Crippen LogP contribution is -2.51. The second kappa shape index (κ2) is 5.21. The van der Waals surface area contributed by atoms with Gasteiger partial charge in [0.05, 0.1) is 24.6 Å². The second-order valence-electron chi connectivity index (χ2n) is 6.75. The molecule has 0 amide bonds. The number of carbonyl (C=O) groups is 1. The van der Waals surface area contributed by atoms with Crippen molar-refractivity contribution in [3.05, 3.63) is 23.0 Å². The Balaban J connectivity index is 1.53. The minimum absolute atomic E-state index is 0.140. The Morgan fingerprint density at radius 1 is 1.50 bits per heavy atom. The molecule has 1 aliphatic heterocycles. The van der Waals surface area contributed by atoms with Crippen LogP contribution >= 0.6 is 0 Å². The van der Waals surface area contributed by atoms with E-state index in [2.05, 4.69) is 21.6 Å². The van der Waals surface area contributed by atoms with Crippen LogP contribution in [0.5, 0.6) is 0 Å². The molecule has 6 heteroatoms. The molecule has 0 bridgehead atoms. The lowest BCUT2D eigenvalue weighted by atomic mass is 9.69. The molecule has 2 aliphatic carbocycles. The van der Waals surface area contributed by atoms with Crippen LogP contribution in [0, 0.1) is 11.3 Å². The van der Waals surface area contributed by atoms with Gasteiger partial charge in [-0.2, -0.15) is 5.10 Å². The summed E-state index contributed by atoms with van der Waals surface area (Å²) in [6.07, 6.45) is 6.65. The van der Waals surface area contributed by atoms with Crippen LogP contribution in [0.1, 0.15) is 30.5 Å². The molecule has 1 aromatic heterocycles. The predicted molar refractivity (Wildman–Crippen MR) is 79.9 cm³/mol. The summed E-state index contributed by atoms with van der Waals surface area (Å²) in [6, 6.07) is 0. The molecule has 1 atom stereocenters. The van der Waals surface area contributed by atoms with E-state index in [0.29, 0.717) is 25.5 Å². The van der Waals surface area contributed by atoms with Gasteiger partial charge in [-0.25, -0.2) is 0 Å². The first-order chi connectivity index (χ1) is 10.7. The fourth-order valence-corrected chi connectivity index (χ4v) is 3.79. The lowest BCUT2D eigenvalue weighted by Gasteiger charge is -2.40. The molecular formula is C16H21N3O3. The van der Waals surface area contributed by atoms with E-state index in [9.17, 15) is 9.90 Å². The number of hydrogen-bond acceptors (Lipinski definition) is 5. The Labute approximate surface area is 128 Å². The molecule has 1 saturated heterocycles. The van der Waals surface area contributed by atoms with Gasteiger partial charge in [0, 0.05) is 6.54 Å². The molecule has 0 aromatic carbocycles. The number of hydrogen-bond donors (Lipinski definition) is 3. The van der Waals surface area contributed by atoms with Crippen molar-refractivity contribution in [2.75, 3.05) is 19.7 Å². The maximum absolute atomic E-state index is 12.8. The van der Waals surface area contributed by atoms with E-state index in [0.717, 1.165) is 42.6 Å². The Bertz CT molecular complexity index is 618. The van der Waals surface area contributed by atoms with Gasteiger partial charge in [-0.3, -0.25) is 9.89 Å². The van der Waals surface area contributed by atoms with Crippen LogP contribution in [0.25, 0.3) is 6.08 Å². The first-order valence-electron chi connectivity index (χ1n) is 7.97. The summed E-state index contributed by atoms with van der Waals surface area (Å²) in [6.45, 7) is 1.93. The first kappa shape index (κ1) is 14.0. The Hall–Kier alpha value is -1.66. The Morgan fingerprint density at radius 3 is 3.18 bits per heavy atom. The number of fused-ring (bicyclic) bond motifs is 2. The van der Waals surface area contributed by atoms with Crippen LogP contribution in [0.4, 0.5) is 0 Å². The number of nitrogens with zero attached hydrogens (tertiary/aromatic N) is 1. The van der Waals surface area contributed by atoms with Crippen molar-refractivity contribution in [3.8, 4) is 0 Å². The van der Waals surface area contributed by atoms with Gasteiger partial charge in [0.15, 0.2) is 0 Å². The van der Waals surface area contributed by atoms with Gasteiger partial charge in [-0.1, -0.05) is 0 Å². The third kappa shape index (κ3) is 2.18. The Kier molecular flexibility index (Phi) is 3.31. The molecule has 3 aliphatic rings. The second-order valence-corrected chi connectivity index (χ2v) is 6.75. The van der Waals surface area contributed by atoms with E-state index in [1.165, 1.54) is 0 Å². The van der Waals surface area contributed by atoms with E-state index in [1.807, 2.05) is 0 Å². The fraction of sp³-hybridized carbons (Fsp3) is 0.625. The van der Waals surface area contributed by atoms with Crippen molar-refractivity contribution < 1.29 is 14.6 Å². The number of ether oxygens (including phenoxy) is 1. The number of piperidine rings is 1. The zero-order valence-corrected chi connectivity index (χ0v) is 12.5. The lowest BCUT2D eigenvalue weighted by molar-refractivity contribution is -0.157. The average molecular weight is 303 g/mol. The van der Waals surface area contributed by atoms with Crippen molar-refractivity contribution in [1.29, 1.82) is 0 Å². The molecule has 0 spiro atoms. The van der Waals surface area contributed by atoms with Crippen molar-refractivity contribution >= 4 is 12.0 Å². The topological polar surface area (TPSA) is 87.2 Å². The van der Waals surface area contributed by atoms with Gasteiger partial charge in [0.25, 0.3) is 0 Å². The van der Waals surface area contributed by atoms with Crippen molar-refractivity contribution in [3.63, 3.8) is 0 Å². The Morgan fingerprint density at radius 2 is 2.36 bits per heavy atom. The van der Waals surface area contributed by atoms with Crippen LogP contribution in [-0.2, 0) is 16.0 Å². The number of aliphatic hydroxyl groups is 1. The number of esters is 1. The summed E-state index contributed by atoms with van der Waals surface area (Å²) < 4.78 is 5.62.